The standard InChI is InChI=1S/C21H20N2O2/c1-17-11-14-23(15-12-17)16-13-21(24)22-18-7-9-20(10-8-18)25-19-5-3-2-4-6-19/h2-12,14-15H,13,16H2,1H3/p+1. The van der Waals surface area contributed by atoms with Gasteiger partial charge in [-0.15, -0.1) is 0 Å². The van der Waals surface area contributed by atoms with E-state index in [1.165, 1.54) is 5.56 Å². The van der Waals surface area contributed by atoms with Crippen molar-refractivity contribution in [2.75, 3.05) is 5.32 Å². The Kier molecular flexibility index (Phi) is 5.42. The van der Waals surface area contributed by atoms with Gasteiger partial charge >= 0.3 is 0 Å². The number of aromatic nitrogens is 1. The molecule has 1 aromatic heterocycles. The Morgan fingerprint density at radius 1 is 0.920 bits per heavy atom. The molecular weight excluding hydrogens is 312 g/mol. The highest BCUT2D eigenvalue weighted by Gasteiger charge is 2.07. The molecule has 0 saturated carbocycles. The highest BCUT2D eigenvalue weighted by molar-refractivity contribution is 5.90. The molecular formula is C21H21N2O2+. The average molecular weight is 333 g/mol. The van der Waals surface area contributed by atoms with E-state index in [1.54, 1.807) is 0 Å². The van der Waals surface area contributed by atoms with Crippen LogP contribution in [-0.4, -0.2) is 5.91 Å². The van der Waals surface area contributed by atoms with E-state index in [0.29, 0.717) is 13.0 Å². The third-order valence-corrected chi connectivity index (χ3v) is 3.77. The van der Waals surface area contributed by atoms with Crippen LogP contribution < -0.4 is 14.6 Å². The van der Waals surface area contributed by atoms with E-state index in [-0.39, 0.29) is 5.91 Å². The molecule has 1 amide bonds. The van der Waals surface area contributed by atoms with Gasteiger partial charge in [0.1, 0.15) is 11.5 Å². The number of aryl methyl sites for hydroxylation is 2. The van der Waals surface area contributed by atoms with Crippen molar-refractivity contribution < 1.29 is 14.1 Å². The fraction of sp³-hybridized carbons (Fsp3) is 0.143. The van der Waals surface area contributed by atoms with Crippen molar-refractivity contribution in [3.63, 3.8) is 0 Å². The van der Waals surface area contributed by atoms with Crippen molar-refractivity contribution in [3.05, 3.63) is 84.7 Å². The second-order valence-corrected chi connectivity index (χ2v) is 5.85. The molecule has 4 heteroatoms. The van der Waals surface area contributed by atoms with Crippen LogP contribution in [0.3, 0.4) is 0 Å². The average Bonchev–Trinajstić information content (AvgIpc) is 2.64. The molecule has 126 valence electrons. The van der Waals surface area contributed by atoms with Gasteiger partial charge in [-0.25, -0.2) is 4.57 Å². The largest absolute Gasteiger partial charge is 0.457 e. The number of para-hydroxylation sites is 1. The lowest BCUT2D eigenvalue weighted by Crippen LogP contribution is -2.34. The van der Waals surface area contributed by atoms with E-state index in [1.807, 2.05) is 90.6 Å². The lowest BCUT2D eigenvalue weighted by atomic mass is 10.2. The zero-order valence-electron chi connectivity index (χ0n) is 14.2. The summed E-state index contributed by atoms with van der Waals surface area (Å²) in [6, 6.07) is 21.0. The molecule has 0 spiro atoms. The molecule has 0 unspecified atom stereocenters. The highest BCUT2D eigenvalue weighted by Crippen LogP contribution is 2.22. The monoisotopic (exact) mass is 333 g/mol. The van der Waals surface area contributed by atoms with E-state index in [9.17, 15) is 4.79 Å². The van der Waals surface area contributed by atoms with Crippen LogP contribution in [0, 0.1) is 6.92 Å². The molecule has 0 aliphatic carbocycles. The lowest BCUT2D eigenvalue weighted by Gasteiger charge is -2.07. The summed E-state index contributed by atoms with van der Waals surface area (Å²) in [6.07, 6.45) is 4.40. The van der Waals surface area contributed by atoms with E-state index in [0.717, 1.165) is 17.2 Å². The van der Waals surface area contributed by atoms with Gasteiger partial charge in [0.15, 0.2) is 18.9 Å². The maximum absolute atomic E-state index is 12.1. The molecule has 0 radical (unpaired) electrons. The molecule has 25 heavy (non-hydrogen) atoms. The molecule has 3 rings (SSSR count). The Labute approximate surface area is 147 Å². The number of rotatable bonds is 6. The summed E-state index contributed by atoms with van der Waals surface area (Å²) in [5, 5.41) is 2.91. The first-order chi connectivity index (χ1) is 12.2. The summed E-state index contributed by atoms with van der Waals surface area (Å²) in [5.74, 6) is 1.51. The molecule has 0 saturated heterocycles. The van der Waals surface area contributed by atoms with Crippen LogP contribution in [0.2, 0.25) is 0 Å². The maximum atomic E-state index is 12.1. The van der Waals surface area contributed by atoms with Gasteiger partial charge < -0.3 is 10.1 Å². The first kappa shape index (κ1) is 16.7. The van der Waals surface area contributed by atoms with Crippen molar-refractivity contribution in [3.8, 4) is 11.5 Å². The van der Waals surface area contributed by atoms with Gasteiger partial charge in [0.2, 0.25) is 5.91 Å². The van der Waals surface area contributed by atoms with Gasteiger partial charge in [-0.05, 0) is 48.9 Å². The Balaban J connectivity index is 1.50. The van der Waals surface area contributed by atoms with Gasteiger partial charge in [-0.1, -0.05) is 18.2 Å². The Morgan fingerprint density at radius 3 is 2.24 bits per heavy atom. The molecule has 1 heterocycles. The van der Waals surface area contributed by atoms with Gasteiger partial charge in [-0.2, -0.15) is 0 Å². The number of ether oxygens (including phenoxy) is 1. The maximum Gasteiger partial charge on any atom is 0.230 e. The minimum absolute atomic E-state index is 0.00944. The summed E-state index contributed by atoms with van der Waals surface area (Å²) in [6.45, 7) is 2.70. The molecule has 3 aromatic rings. The molecule has 2 aromatic carbocycles. The number of hydrogen-bond donors (Lipinski definition) is 1. The minimum Gasteiger partial charge on any atom is -0.457 e. The number of carbonyl (C=O) groups is 1. The SMILES string of the molecule is Cc1cc[n+](CCC(=O)Nc2ccc(Oc3ccccc3)cc2)cc1. The van der Waals surface area contributed by atoms with Crippen LogP contribution in [0.4, 0.5) is 5.69 Å². The molecule has 0 fully saturated rings. The molecule has 4 nitrogen and oxygen atoms in total. The molecule has 0 atom stereocenters. The van der Waals surface area contributed by atoms with Crippen molar-refractivity contribution in [2.45, 2.75) is 19.9 Å². The van der Waals surface area contributed by atoms with Gasteiger partial charge in [0.05, 0.1) is 6.42 Å². The van der Waals surface area contributed by atoms with Crippen molar-refractivity contribution in [1.29, 1.82) is 0 Å². The number of hydrogen-bond acceptors (Lipinski definition) is 2. The second kappa shape index (κ2) is 8.11. The molecule has 0 bridgehead atoms. The minimum atomic E-state index is -0.00944. The van der Waals surface area contributed by atoms with Crippen LogP contribution >= 0.6 is 0 Å². The smallest absolute Gasteiger partial charge is 0.230 e. The Hall–Kier alpha value is -3.14. The zero-order chi connectivity index (χ0) is 17.5. The third kappa shape index (κ3) is 5.18. The summed E-state index contributed by atoms with van der Waals surface area (Å²) >= 11 is 0. The van der Waals surface area contributed by atoms with Gasteiger partial charge in [0.25, 0.3) is 0 Å². The summed E-state index contributed by atoms with van der Waals surface area (Å²) in [5.41, 5.74) is 1.97. The first-order valence-corrected chi connectivity index (χ1v) is 8.27. The lowest BCUT2D eigenvalue weighted by molar-refractivity contribution is -0.695. The van der Waals surface area contributed by atoms with E-state index in [2.05, 4.69) is 5.32 Å². The van der Waals surface area contributed by atoms with Crippen LogP contribution in [0.1, 0.15) is 12.0 Å². The summed E-state index contributed by atoms with van der Waals surface area (Å²) in [4.78, 5) is 12.1. The van der Waals surface area contributed by atoms with Crippen LogP contribution in [0.5, 0.6) is 11.5 Å². The topological polar surface area (TPSA) is 42.2 Å². The number of pyridine rings is 1. The molecule has 0 aliphatic rings. The molecule has 0 aliphatic heterocycles. The predicted octanol–water partition coefficient (Wildman–Crippen LogP) is 4.10. The number of benzene rings is 2. The van der Waals surface area contributed by atoms with Crippen LogP contribution in [-0.2, 0) is 11.3 Å². The fourth-order valence-electron chi connectivity index (χ4n) is 2.37. The number of nitrogens with zero attached hydrogens (tertiary/aromatic N) is 1. The summed E-state index contributed by atoms with van der Waals surface area (Å²) < 4.78 is 7.74. The van der Waals surface area contributed by atoms with Crippen molar-refractivity contribution in [2.24, 2.45) is 0 Å². The van der Waals surface area contributed by atoms with E-state index >= 15 is 0 Å². The van der Waals surface area contributed by atoms with Crippen molar-refractivity contribution in [1.82, 2.24) is 0 Å². The van der Waals surface area contributed by atoms with E-state index < -0.39 is 0 Å². The first-order valence-electron chi connectivity index (χ1n) is 8.27. The quantitative estimate of drug-likeness (QED) is 0.690. The number of amides is 1. The normalized spacial score (nSPS) is 10.3. The fourth-order valence-corrected chi connectivity index (χ4v) is 2.37. The van der Waals surface area contributed by atoms with Gasteiger partial charge in [-0.3, -0.25) is 4.79 Å². The van der Waals surface area contributed by atoms with Crippen LogP contribution in [0.25, 0.3) is 0 Å². The van der Waals surface area contributed by atoms with Crippen molar-refractivity contribution >= 4 is 11.6 Å². The zero-order valence-corrected chi connectivity index (χ0v) is 14.2. The van der Waals surface area contributed by atoms with Crippen LogP contribution in [0.15, 0.2) is 79.1 Å². The number of anilines is 1. The summed E-state index contributed by atoms with van der Waals surface area (Å²) in [7, 11) is 0. The van der Waals surface area contributed by atoms with E-state index in [4.69, 9.17) is 4.74 Å². The predicted molar refractivity (Wildman–Crippen MR) is 97.6 cm³/mol. The molecule has 1 N–H and O–H groups in total. The Morgan fingerprint density at radius 2 is 1.56 bits per heavy atom. The Bertz CT molecular complexity index is 813. The van der Waals surface area contributed by atoms with Gasteiger partial charge in [0, 0.05) is 17.8 Å². The highest BCUT2D eigenvalue weighted by atomic mass is 16.5. The number of nitrogens with one attached hydrogen (secondary N) is 1. The number of carbonyl (C=O) groups excluding carboxylic acids is 1. The third-order valence-electron chi connectivity index (χ3n) is 3.77. The second-order valence-electron chi connectivity index (χ2n) is 5.85.